The SMILES string of the molecule is CS(=O)(=O)c1ccccc1C1=C(c2ccc(F)cc2)NN(C(F)(F)F)C1. The van der Waals surface area contributed by atoms with Crippen LogP contribution < -0.4 is 5.43 Å². The zero-order chi connectivity index (χ0) is 19.1. The molecule has 0 amide bonds. The molecule has 138 valence electrons. The van der Waals surface area contributed by atoms with Crippen LogP contribution in [0.3, 0.4) is 0 Å². The Morgan fingerprint density at radius 3 is 2.23 bits per heavy atom. The zero-order valence-corrected chi connectivity index (χ0v) is 14.3. The molecule has 1 aliphatic heterocycles. The van der Waals surface area contributed by atoms with Crippen molar-refractivity contribution < 1.29 is 26.0 Å². The molecule has 0 saturated heterocycles. The molecular weight excluding hydrogens is 372 g/mol. The van der Waals surface area contributed by atoms with Crippen LogP contribution in [0.25, 0.3) is 11.3 Å². The van der Waals surface area contributed by atoms with Gasteiger partial charge in [0.25, 0.3) is 0 Å². The molecule has 0 bridgehead atoms. The highest BCUT2D eigenvalue weighted by Gasteiger charge is 2.43. The van der Waals surface area contributed by atoms with Gasteiger partial charge in [0.15, 0.2) is 9.84 Å². The van der Waals surface area contributed by atoms with Crippen molar-refractivity contribution in [3.63, 3.8) is 0 Å². The van der Waals surface area contributed by atoms with Gasteiger partial charge in [-0.15, -0.1) is 5.01 Å². The van der Waals surface area contributed by atoms with Gasteiger partial charge in [0.1, 0.15) is 5.82 Å². The highest BCUT2D eigenvalue weighted by Crippen LogP contribution is 2.37. The molecule has 2 aromatic carbocycles. The van der Waals surface area contributed by atoms with Crippen LogP contribution in [-0.4, -0.2) is 32.5 Å². The number of benzene rings is 2. The van der Waals surface area contributed by atoms with E-state index in [4.69, 9.17) is 0 Å². The monoisotopic (exact) mass is 386 g/mol. The second-order valence-electron chi connectivity index (χ2n) is 5.79. The molecule has 0 fully saturated rings. The van der Waals surface area contributed by atoms with Gasteiger partial charge in [-0.1, -0.05) is 18.2 Å². The molecule has 9 heteroatoms. The summed E-state index contributed by atoms with van der Waals surface area (Å²) in [5.41, 5.74) is 3.00. The lowest BCUT2D eigenvalue weighted by atomic mass is 10.0. The minimum absolute atomic E-state index is 0.0556. The molecule has 3 rings (SSSR count). The fraction of sp³-hybridized carbons (Fsp3) is 0.176. The van der Waals surface area contributed by atoms with E-state index in [-0.39, 0.29) is 26.7 Å². The minimum atomic E-state index is -4.67. The molecule has 26 heavy (non-hydrogen) atoms. The first-order chi connectivity index (χ1) is 12.1. The van der Waals surface area contributed by atoms with Gasteiger partial charge in [-0.05, 0) is 41.5 Å². The molecule has 4 nitrogen and oxygen atoms in total. The van der Waals surface area contributed by atoms with Gasteiger partial charge < -0.3 is 5.43 Å². The summed E-state index contributed by atoms with van der Waals surface area (Å²) < 4.78 is 76.9. The molecule has 1 N–H and O–H groups in total. The number of alkyl halides is 3. The zero-order valence-electron chi connectivity index (χ0n) is 13.5. The van der Waals surface area contributed by atoms with Gasteiger partial charge in [0.2, 0.25) is 0 Å². The summed E-state index contributed by atoms with van der Waals surface area (Å²) in [5, 5.41) is 0.0556. The summed E-state index contributed by atoms with van der Waals surface area (Å²) >= 11 is 0. The third-order valence-corrected chi connectivity index (χ3v) is 5.07. The third kappa shape index (κ3) is 3.58. The van der Waals surface area contributed by atoms with Crippen LogP contribution in [0.4, 0.5) is 17.6 Å². The Kier molecular flexibility index (Phi) is 4.53. The number of nitrogens with one attached hydrogen (secondary N) is 1. The quantitative estimate of drug-likeness (QED) is 0.649. The Morgan fingerprint density at radius 2 is 1.65 bits per heavy atom. The molecular formula is C17H14F4N2O2S. The Morgan fingerprint density at radius 1 is 1.04 bits per heavy atom. The molecule has 2 aromatic rings. The first-order valence-corrected chi connectivity index (χ1v) is 9.36. The average Bonchev–Trinajstić information content (AvgIpc) is 3.00. The smallest absolute Gasteiger partial charge is 0.310 e. The van der Waals surface area contributed by atoms with Crippen molar-refractivity contribution in [1.82, 2.24) is 10.4 Å². The van der Waals surface area contributed by atoms with E-state index in [0.29, 0.717) is 5.56 Å². The van der Waals surface area contributed by atoms with Crippen LogP contribution in [0.15, 0.2) is 53.4 Å². The van der Waals surface area contributed by atoms with Gasteiger partial charge in [0, 0.05) is 11.8 Å². The molecule has 0 radical (unpaired) electrons. The van der Waals surface area contributed by atoms with E-state index in [1.807, 2.05) is 0 Å². The van der Waals surface area contributed by atoms with Crippen molar-refractivity contribution in [3.05, 3.63) is 65.5 Å². The van der Waals surface area contributed by atoms with Crippen molar-refractivity contribution >= 4 is 21.1 Å². The summed E-state index contributed by atoms with van der Waals surface area (Å²) in [6.07, 6.45) is -3.68. The van der Waals surface area contributed by atoms with Crippen LogP contribution in [0.2, 0.25) is 0 Å². The topological polar surface area (TPSA) is 49.4 Å². The predicted octanol–water partition coefficient (Wildman–Crippen LogP) is 3.44. The molecule has 0 unspecified atom stereocenters. The van der Waals surface area contributed by atoms with E-state index >= 15 is 0 Å². The van der Waals surface area contributed by atoms with E-state index in [9.17, 15) is 26.0 Å². The number of rotatable bonds is 3. The van der Waals surface area contributed by atoms with E-state index in [1.54, 1.807) is 6.07 Å². The normalized spacial score (nSPS) is 16.0. The maximum absolute atomic E-state index is 13.2. The predicted molar refractivity (Wildman–Crippen MR) is 88.7 cm³/mol. The van der Waals surface area contributed by atoms with Crippen molar-refractivity contribution in [1.29, 1.82) is 0 Å². The maximum Gasteiger partial charge on any atom is 0.477 e. The first kappa shape index (κ1) is 18.4. The average molecular weight is 386 g/mol. The minimum Gasteiger partial charge on any atom is -0.310 e. The lowest BCUT2D eigenvalue weighted by Crippen LogP contribution is -2.43. The van der Waals surface area contributed by atoms with Crippen LogP contribution >= 0.6 is 0 Å². The molecule has 1 heterocycles. The van der Waals surface area contributed by atoms with Gasteiger partial charge >= 0.3 is 6.30 Å². The van der Waals surface area contributed by atoms with Crippen molar-refractivity contribution in [2.24, 2.45) is 0 Å². The van der Waals surface area contributed by atoms with Gasteiger partial charge in [-0.25, -0.2) is 12.8 Å². The number of sulfone groups is 1. The number of halogens is 4. The summed E-state index contributed by atoms with van der Waals surface area (Å²) in [6.45, 7) is -0.581. The van der Waals surface area contributed by atoms with E-state index in [1.165, 1.54) is 30.3 Å². The van der Waals surface area contributed by atoms with Gasteiger partial charge in [-0.3, -0.25) is 0 Å². The molecule has 1 aliphatic rings. The first-order valence-electron chi connectivity index (χ1n) is 7.47. The number of hydrazine groups is 1. The number of hydrogen-bond donors (Lipinski definition) is 1. The Bertz CT molecular complexity index is 967. The van der Waals surface area contributed by atoms with Gasteiger partial charge in [0.05, 0.1) is 17.1 Å². The maximum atomic E-state index is 13.2. The number of nitrogens with zero attached hydrogens (tertiary/aromatic N) is 1. The van der Waals surface area contributed by atoms with Crippen molar-refractivity contribution in [3.8, 4) is 0 Å². The van der Waals surface area contributed by atoms with Crippen molar-refractivity contribution in [2.45, 2.75) is 11.2 Å². The Labute approximate surface area is 147 Å². The second kappa shape index (κ2) is 6.40. The standard InChI is InChI=1S/C17H14F4N2O2S/c1-26(24,25)15-5-3-2-4-13(15)14-10-23(17(19,20)21)22-16(14)11-6-8-12(18)9-7-11/h2-9,22H,10H2,1H3. The Balaban J connectivity index is 2.20. The molecule has 0 aliphatic carbocycles. The van der Waals surface area contributed by atoms with Gasteiger partial charge in [-0.2, -0.15) is 13.2 Å². The number of hydrogen-bond acceptors (Lipinski definition) is 4. The third-order valence-electron chi connectivity index (χ3n) is 3.92. The molecule has 0 saturated carbocycles. The van der Waals surface area contributed by atoms with Crippen LogP contribution in [0.1, 0.15) is 11.1 Å². The van der Waals surface area contributed by atoms with Crippen LogP contribution in [0, 0.1) is 5.82 Å². The fourth-order valence-corrected chi connectivity index (χ4v) is 3.66. The second-order valence-corrected chi connectivity index (χ2v) is 7.78. The lowest BCUT2D eigenvalue weighted by Gasteiger charge is -2.20. The highest BCUT2D eigenvalue weighted by molar-refractivity contribution is 7.90. The summed E-state index contributed by atoms with van der Waals surface area (Å²) in [5.74, 6) is -0.530. The summed E-state index contributed by atoms with van der Waals surface area (Å²) in [4.78, 5) is -0.0690. The molecule has 0 spiro atoms. The highest BCUT2D eigenvalue weighted by atomic mass is 32.2. The Hall–Kier alpha value is -2.39. The van der Waals surface area contributed by atoms with E-state index in [0.717, 1.165) is 18.4 Å². The van der Waals surface area contributed by atoms with Crippen LogP contribution in [-0.2, 0) is 9.84 Å². The fourth-order valence-electron chi connectivity index (χ4n) is 2.75. The summed E-state index contributed by atoms with van der Waals surface area (Å²) in [6, 6.07) is 10.8. The summed E-state index contributed by atoms with van der Waals surface area (Å²) in [7, 11) is -3.66. The van der Waals surface area contributed by atoms with E-state index < -0.39 is 28.5 Å². The lowest BCUT2D eigenvalue weighted by molar-refractivity contribution is -0.251. The molecule has 0 aromatic heterocycles. The molecule has 0 atom stereocenters. The largest absolute Gasteiger partial charge is 0.477 e. The van der Waals surface area contributed by atoms with E-state index in [2.05, 4.69) is 5.43 Å². The van der Waals surface area contributed by atoms with Crippen molar-refractivity contribution in [2.75, 3.05) is 12.8 Å². The van der Waals surface area contributed by atoms with Crippen LogP contribution in [0.5, 0.6) is 0 Å².